The van der Waals surface area contributed by atoms with E-state index >= 15 is 0 Å². The van der Waals surface area contributed by atoms with Gasteiger partial charge in [-0.15, -0.1) is 0 Å². The van der Waals surface area contributed by atoms with Crippen LogP contribution in [0.2, 0.25) is 0 Å². The Hall–Kier alpha value is -2.33. The average Bonchev–Trinajstić information content (AvgIpc) is 3.33. The van der Waals surface area contributed by atoms with Crippen LogP contribution in [0.1, 0.15) is 43.7 Å². The lowest BCUT2D eigenvalue weighted by Gasteiger charge is -2.14. The average molecular weight is 350 g/mol. The van der Waals surface area contributed by atoms with Crippen molar-refractivity contribution in [1.29, 1.82) is 0 Å². The van der Waals surface area contributed by atoms with Crippen molar-refractivity contribution >= 4 is 11.0 Å². The molecule has 1 aromatic heterocycles. The van der Waals surface area contributed by atoms with E-state index in [0.29, 0.717) is 6.61 Å². The predicted octanol–water partition coefficient (Wildman–Crippen LogP) is 4.92. The number of imidazole rings is 1. The highest BCUT2D eigenvalue weighted by molar-refractivity contribution is 5.76. The maximum Gasteiger partial charge on any atom is 0.139 e. The minimum Gasteiger partial charge on any atom is -0.494 e. The van der Waals surface area contributed by atoms with E-state index in [0.717, 1.165) is 55.9 Å². The van der Waals surface area contributed by atoms with Gasteiger partial charge >= 0.3 is 0 Å². The van der Waals surface area contributed by atoms with Crippen LogP contribution in [-0.4, -0.2) is 22.8 Å². The summed E-state index contributed by atoms with van der Waals surface area (Å²) in [6, 6.07) is 16.7. The zero-order chi connectivity index (χ0) is 17.8. The number of rotatable bonds is 7. The Labute approximate surface area is 154 Å². The van der Waals surface area contributed by atoms with Gasteiger partial charge in [-0.1, -0.05) is 31.2 Å². The van der Waals surface area contributed by atoms with Gasteiger partial charge in [-0.2, -0.15) is 0 Å². The molecule has 3 aromatic rings. The molecular formula is C22H26N2O2. The topological polar surface area (TPSA) is 36.3 Å². The van der Waals surface area contributed by atoms with E-state index in [9.17, 15) is 0 Å². The Morgan fingerprint density at radius 2 is 2.00 bits per heavy atom. The summed E-state index contributed by atoms with van der Waals surface area (Å²) in [5, 5.41) is 0. The molecule has 26 heavy (non-hydrogen) atoms. The molecule has 1 atom stereocenters. The number of fused-ring (bicyclic) bond motifs is 1. The Kier molecular flexibility index (Phi) is 5.21. The van der Waals surface area contributed by atoms with E-state index in [2.05, 4.69) is 54.0 Å². The summed E-state index contributed by atoms with van der Waals surface area (Å²) < 4.78 is 14.1. The first-order valence-corrected chi connectivity index (χ1v) is 9.63. The summed E-state index contributed by atoms with van der Waals surface area (Å²) in [7, 11) is 0. The highest BCUT2D eigenvalue weighted by Gasteiger charge is 2.24. The predicted molar refractivity (Wildman–Crippen MR) is 104 cm³/mol. The minimum atomic E-state index is 0.130. The monoisotopic (exact) mass is 350 g/mol. The first kappa shape index (κ1) is 17.1. The van der Waals surface area contributed by atoms with Gasteiger partial charge in [0.25, 0.3) is 0 Å². The number of hydrogen-bond donors (Lipinski definition) is 0. The molecule has 1 saturated heterocycles. The van der Waals surface area contributed by atoms with E-state index in [1.807, 2.05) is 6.07 Å². The zero-order valence-corrected chi connectivity index (χ0v) is 15.4. The van der Waals surface area contributed by atoms with Gasteiger partial charge in [0.05, 0.1) is 17.6 Å². The lowest BCUT2D eigenvalue weighted by atomic mass is 10.2. The van der Waals surface area contributed by atoms with Crippen molar-refractivity contribution in [3.63, 3.8) is 0 Å². The van der Waals surface area contributed by atoms with Crippen LogP contribution in [0.4, 0.5) is 0 Å². The van der Waals surface area contributed by atoms with Gasteiger partial charge < -0.3 is 14.0 Å². The Morgan fingerprint density at radius 3 is 2.77 bits per heavy atom. The fourth-order valence-electron chi connectivity index (χ4n) is 3.59. The molecule has 136 valence electrons. The standard InChI is InChI=1S/C22H26N2O2/c1-2-17-10-12-18(13-11-17)25-16-6-14-24-20-8-4-3-7-19(20)23-22(24)21-9-5-15-26-21/h3-4,7-8,10-13,21H,2,5-6,9,14-16H2,1H3/t21-/m0/s1. The van der Waals surface area contributed by atoms with Gasteiger partial charge in [0, 0.05) is 13.2 Å². The first-order valence-electron chi connectivity index (χ1n) is 9.63. The van der Waals surface area contributed by atoms with Gasteiger partial charge in [-0.05, 0) is 55.5 Å². The Balaban J connectivity index is 1.43. The van der Waals surface area contributed by atoms with E-state index in [4.69, 9.17) is 14.5 Å². The van der Waals surface area contributed by atoms with Gasteiger partial charge in [-0.25, -0.2) is 4.98 Å². The molecule has 0 spiro atoms. The van der Waals surface area contributed by atoms with Crippen LogP contribution in [0.5, 0.6) is 5.75 Å². The van der Waals surface area contributed by atoms with E-state index in [1.54, 1.807) is 0 Å². The molecule has 0 saturated carbocycles. The molecule has 0 aliphatic carbocycles. The molecule has 1 fully saturated rings. The van der Waals surface area contributed by atoms with Gasteiger partial charge in [0.15, 0.2) is 0 Å². The summed E-state index contributed by atoms with van der Waals surface area (Å²) in [4.78, 5) is 4.85. The molecule has 0 unspecified atom stereocenters. The largest absolute Gasteiger partial charge is 0.494 e. The van der Waals surface area contributed by atoms with Crippen LogP contribution >= 0.6 is 0 Å². The second-order valence-corrected chi connectivity index (χ2v) is 6.81. The lowest BCUT2D eigenvalue weighted by Crippen LogP contribution is -2.11. The maximum atomic E-state index is 5.92. The van der Waals surface area contributed by atoms with Crippen molar-refractivity contribution < 1.29 is 9.47 Å². The summed E-state index contributed by atoms with van der Waals surface area (Å²) in [6.45, 7) is 4.59. The molecule has 0 bridgehead atoms. The number of nitrogens with zero attached hydrogens (tertiary/aromatic N) is 2. The number of benzene rings is 2. The molecule has 1 aliphatic rings. The molecule has 0 N–H and O–H groups in total. The highest BCUT2D eigenvalue weighted by Crippen LogP contribution is 2.30. The van der Waals surface area contributed by atoms with E-state index in [-0.39, 0.29) is 6.10 Å². The van der Waals surface area contributed by atoms with Crippen molar-refractivity contribution in [3.05, 3.63) is 59.9 Å². The molecule has 4 nitrogen and oxygen atoms in total. The minimum absolute atomic E-state index is 0.130. The summed E-state index contributed by atoms with van der Waals surface area (Å²) >= 11 is 0. The third-order valence-electron chi connectivity index (χ3n) is 5.03. The van der Waals surface area contributed by atoms with Crippen molar-refractivity contribution in [2.24, 2.45) is 0 Å². The number of aryl methyl sites for hydroxylation is 2. The van der Waals surface area contributed by atoms with E-state index < -0.39 is 0 Å². The number of hydrogen-bond acceptors (Lipinski definition) is 3. The fourth-order valence-corrected chi connectivity index (χ4v) is 3.59. The van der Waals surface area contributed by atoms with Gasteiger partial charge in [0.1, 0.15) is 17.7 Å². The molecule has 4 rings (SSSR count). The van der Waals surface area contributed by atoms with Crippen molar-refractivity contribution in [1.82, 2.24) is 9.55 Å². The van der Waals surface area contributed by atoms with E-state index in [1.165, 1.54) is 11.1 Å². The molecule has 2 aromatic carbocycles. The number of para-hydroxylation sites is 2. The van der Waals surface area contributed by atoms with Crippen LogP contribution in [0.15, 0.2) is 48.5 Å². The highest BCUT2D eigenvalue weighted by atomic mass is 16.5. The third kappa shape index (κ3) is 3.61. The van der Waals surface area contributed by atoms with Crippen LogP contribution < -0.4 is 4.74 Å². The summed E-state index contributed by atoms with van der Waals surface area (Å²) in [5.74, 6) is 2.01. The first-order chi connectivity index (χ1) is 12.8. The molecule has 1 aliphatic heterocycles. The second-order valence-electron chi connectivity index (χ2n) is 6.81. The van der Waals surface area contributed by atoms with Crippen molar-refractivity contribution in [2.45, 2.75) is 45.3 Å². The quantitative estimate of drug-likeness (QED) is 0.568. The molecule has 2 heterocycles. The smallest absolute Gasteiger partial charge is 0.139 e. The normalized spacial score (nSPS) is 17.0. The van der Waals surface area contributed by atoms with Gasteiger partial charge in [-0.3, -0.25) is 0 Å². The molecule has 0 amide bonds. The van der Waals surface area contributed by atoms with Crippen LogP contribution in [0.25, 0.3) is 11.0 Å². The Morgan fingerprint density at radius 1 is 1.15 bits per heavy atom. The SMILES string of the molecule is CCc1ccc(OCCCn2c([C@@H]3CCCO3)nc3ccccc32)cc1. The lowest BCUT2D eigenvalue weighted by molar-refractivity contribution is 0.102. The van der Waals surface area contributed by atoms with Crippen molar-refractivity contribution in [2.75, 3.05) is 13.2 Å². The zero-order valence-electron chi connectivity index (χ0n) is 15.4. The third-order valence-corrected chi connectivity index (χ3v) is 5.03. The summed E-state index contributed by atoms with van der Waals surface area (Å²) in [5.41, 5.74) is 3.57. The molecular weight excluding hydrogens is 324 g/mol. The van der Waals surface area contributed by atoms with Crippen LogP contribution in [-0.2, 0) is 17.7 Å². The maximum absolute atomic E-state index is 5.92. The number of ether oxygens (including phenoxy) is 2. The van der Waals surface area contributed by atoms with Crippen LogP contribution in [0, 0.1) is 0 Å². The van der Waals surface area contributed by atoms with Gasteiger partial charge in [0.2, 0.25) is 0 Å². The summed E-state index contributed by atoms with van der Waals surface area (Å²) in [6.07, 6.45) is 4.30. The second kappa shape index (κ2) is 7.92. The van der Waals surface area contributed by atoms with Crippen LogP contribution in [0.3, 0.4) is 0 Å². The fraction of sp³-hybridized carbons (Fsp3) is 0.409. The molecule has 0 radical (unpaired) electrons. The molecule has 4 heteroatoms. The van der Waals surface area contributed by atoms with Crippen molar-refractivity contribution in [3.8, 4) is 5.75 Å². The Bertz CT molecular complexity index is 848. The number of aromatic nitrogens is 2.